The normalized spacial score (nSPS) is 23.0. The Kier molecular flexibility index (Phi) is 4.59. The first-order valence-corrected chi connectivity index (χ1v) is 9.22. The quantitative estimate of drug-likeness (QED) is 0.840. The van der Waals surface area contributed by atoms with E-state index in [1.165, 1.54) is 22.7 Å². The van der Waals surface area contributed by atoms with E-state index in [0.717, 1.165) is 32.6 Å². The number of carbonyl (C=O) groups is 1. The van der Waals surface area contributed by atoms with Crippen molar-refractivity contribution in [1.82, 2.24) is 19.6 Å². The molecule has 0 N–H and O–H groups in total. The number of benzene rings is 1. The Morgan fingerprint density at radius 1 is 1.08 bits per heavy atom. The van der Waals surface area contributed by atoms with Crippen LogP contribution in [-0.2, 0) is 13.6 Å². The van der Waals surface area contributed by atoms with Gasteiger partial charge in [-0.2, -0.15) is 5.10 Å². The number of fused-ring (bicyclic) bond motifs is 4. The number of rotatable bonds is 3. The summed E-state index contributed by atoms with van der Waals surface area (Å²) in [6, 6.07) is 13.8. The lowest BCUT2D eigenvalue weighted by atomic mass is 9.94. The van der Waals surface area contributed by atoms with Crippen LogP contribution in [0.15, 0.2) is 47.3 Å². The van der Waals surface area contributed by atoms with Crippen LogP contribution in [0.1, 0.15) is 28.9 Å². The van der Waals surface area contributed by atoms with Gasteiger partial charge in [0.25, 0.3) is 11.5 Å². The SMILES string of the molecule is Cn1nc(C(=O)N2C[C@H]3CC[C@@H](C2)N(Cc2ccccc2)C3)ccc1=O. The van der Waals surface area contributed by atoms with Crippen molar-refractivity contribution >= 4 is 5.91 Å². The fourth-order valence-electron chi connectivity index (χ4n) is 4.13. The molecule has 1 amide bonds. The second-order valence-corrected chi connectivity index (χ2v) is 7.40. The molecule has 2 aromatic rings. The topological polar surface area (TPSA) is 58.4 Å². The van der Waals surface area contributed by atoms with E-state index in [4.69, 9.17) is 0 Å². The third-order valence-corrected chi connectivity index (χ3v) is 5.52. The van der Waals surface area contributed by atoms with Gasteiger partial charge < -0.3 is 4.90 Å². The molecule has 0 saturated carbocycles. The number of piperidine rings is 1. The average Bonchev–Trinajstić information content (AvgIpc) is 2.96. The van der Waals surface area contributed by atoms with Gasteiger partial charge in [-0.05, 0) is 30.4 Å². The predicted molar refractivity (Wildman–Crippen MR) is 98.7 cm³/mol. The van der Waals surface area contributed by atoms with Crippen LogP contribution in [0.25, 0.3) is 0 Å². The zero-order chi connectivity index (χ0) is 18.1. The minimum atomic E-state index is -0.202. The molecule has 2 bridgehead atoms. The molecule has 6 heteroatoms. The van der Waals surface area contributed by atoms with Gasteiger partial charge in [-0.1, -0.05) is 30.3 Å². The van der Waals surface area contributed by atoms with Crippen molar-refractivity contribution in [3.8, 4) is 0 Å². The van der Waals surface area contributed by atoms with Crippen LogP contribution in [0.5, 0.6) is 0 Å². The summed E-state index contributed by atoms with van der Waals surface area (Å²) in [5.41, 5.74) is 1.46. The highest BCUT2D eigenvalue weighted by atomic mass is 16.2. The van der Waals surface area contributed by atoms with Crippen LogP contribution in [0.4, 0.5) is 0 Å². The first-order valence-electron chi connectivity index (χ1n) is 9.22. The smallest absolute Gasteiger partial charge is 0.274 e. The first kappa shape index (κ1) is 17.0. The van der Waals surface area contributed by atoms with Crippen LogP contribution in [0, 0.1) is 5.92 Å². The summed E-state index contributed by atoms with van der Waals surface area (Å²) in [4.78, 5) is 28.9. The summed E-state index contributed by atoms with van der Waals surface area (Å²) < 4.78 is 1.22. The van der Waals surface area contributed by atoms with E-state index in [1.807, 2.05) is 11.0 Å². The zero-order valence-electron chi connectivity index (χ0n) is 15.0. The van der Waals surface area contributed by atoms with Gasteiger partial charge in [0.15, 0.2) is 0 Å². The lowest BCUT2D eigenvalue weighted by Gasteiger charge is -2.36. The minimum Gasteiger partial charge on any atom is -0.335 e. The molecule has 26 heavy (non-hydrogen) atoms. The molecule has 4 heterocycles. The maximum Gasteiger partial charge on any atom is 0.274 e. The molecule has 0 radical (unpaired) electrons. The molecule has 3 saturated heterocycles. The lowest BCUT2D eigenvalue weighted by molar-refractivity contribution is 0.0727. The summed E-state index contributed by atoms with van der Waals surface area (Å²) in [7, 11) is 1.58. The Labute approximate surface area is 153 Å². The predicted octanol–water partition coefficient (Wildman–Crippen LogP) is 1.52. The highest BCUT2D eigenvalue weighted by molar-refractivity contribution is 5.92. The van der Waals surface area contributed by atoms with Crippen molar-refractivity contribution in [2.75, 3.05) is 19.6 Å². The standard InChI is InChI=1S/C20H24N4O2/c1-22-19(25)10-9-18(21-22)20(26)24-13-16-7-8-17(14-24)23(12-16)11-15-5-3-2-4-6-15/h2-6,9-10,16-17H,7-8,11-14H2,1H3/t16-,17-/m0/s1. The Morgan fingerprint density at radius 3 is 2.65 bits per heavy atom. The number of hydrogen-bond acceptors (Lipinski definition) is 4. The van der Waals surface area contributed by atoms with E-state index in [1.54, 1.807) is 13.1 Å². The van der Waals surface area contributed by atoms with E-state index in [0.29, 0.717) is 17.7 Å². The molecule has 1 aromatic carbocycles. The molecular formula is C20H24N4O2. The monoisotopic (exact) mass is 352 g/mol. The summed E-state index contributed by atoms with van der Waals surface area (Å²) >= 11 is 0. The minimum absolute atomic E-state index is 0.0703. The van der Waals surface area contributed by atoms with Crippen molar-refractivity contribution < 1.29 is 4.79 Å². The summed E-state index contributed by atoms with van der Waals surface area (Å²) in [5.74, 6) is 0.424. The molecular weight excluding hydrogens is 328 g/mol. The average molecular weight is 352 g/mol. The molecule has 3 aliphatic heterocycles. The number of amides is 1. The van der Waals surface area contributed by atoms with E-state index < -0.39 is 0 Å². The summed E-state index contributed by atoms with van der Waals surface area (Å²) in [5, 5.41) is 4.14. The Hall–Kier alpha value is -2.47. The zero-order valence-corrected chi connectivity index (χ0v) is 15.0. The van der Waals surface area contributed by atoms with Crippen molar-refractivity contribution in [3.05, 3.63) is 64.1 Å². The van der Waals surface area contributed by atoms with Crippen LogP contribution < -0.4 is 5.56 Å². The second kappa shape index (κ2) is 7.03. The molecule has 136 valence electrons. The van der Waals surface area contributed by atoms with Gasteiger partial charge in [0.2, 0.25) is 0 Å². The van der Waals surface area contributed by atoms with Crippen LogP contribution >= 0.6 is 0 Å². The maximum absolute atomic E-state index is 12.9. The number of aryl methyl sites for hydroxylation is 1. The summed E-state index contributed by atoms with van der Waals surface area (Å²) in [6.07, 6.45) is 2.29. The van der Waals surface area contributed by atoms with Gasteiger partial charge in [0, 0.05) is 45.3 Å². The number of hydrogen-bond donors (Lipinski definition) is 0. The van der Waals surface area contributed by atoms with Crippen molar-refractivity contribution in [1.29, 1.82) is 0 Å². The molecule has 6 nitrogen and oxygen atoms in total. The van der Waals surface area contributed by atoms with Crippen molar-refractivity contribution in [3.63, 3.8) is 0 Å². The molecule has 0 aliphatic carbocycles. The van der Waals surface area contributed by atoms with Crippen LogP contribution in [0.2, 0.25) is 0 Å². The largest absolute Gasteiger partial charge is 0.335 e. The van der Waals surface area contributed by atoms with Gasteiger partial charge in [0.1, 0.15) is 5.69 Å². The molecule has 2 atom stereocenters. The van der Waals surface area contributed by atoms with Crippen LogP contribution in [-0.4, -0.2) is 51.2 Å². The van der Waals surface area contributed by atoms with E-state index >= 15 is 0 Å². The fraction of sp³-hybridized carbons (Fsp3) is 0.450. The third kappa shape index (κ3) is 3.42. The number of aromatic nitrogens is 2. The van der Waals surface area contributed by atoms with Crippen molar-refractivity contribution in [2.24, 2.45) is 13.0 Å². The van der Waals surface area contributed by atoms with E-state index in [2.05, 4.69) is 34.3 Å². The molecule has 3 aliphatic rings. The van der Waals surface area contributed by atoms with E-state index in [-0.39, 0.29) is 11.5 Å². The highest BCUT2D eigenvalue weighted by Gasteiger charge is 2.36. The maximum atomic E-state index is 12.9. The first-order chi connectivity index (χ1) is 12.6. The molecule has 3 fully saturated rings. The number of carbonyl (C=O) groups excluding carboxylic acids is 1. The van der Waals surface area contributed by atoms with Crippen molar-refractivity contribution in [2.45, 2.75) is 25.4 Å². The van der Waals surface area contributed by atoms with Crippen LogP contribution in [0.3, 0.4) is 0 Å². The molecule has 1 aromatic heterocycles. The third-order valence-electron chi connectivity index (χ3n) is 5.52. The van der Waals surface area contributed by atoms with E-state index in [9.17, 15) is 9.59 Å². The second-order valence-electron chi connectivity index (χ2n) is 7.40. The number of nitrogens with zero attached hydrogens (tertiary/aromatic N) is 4. The molecule has 0 unspecified atom stereocenters. The van der Waals surface area contributed by atoms with Gasteiger partial charge >= 0.3 is 0 Å². The highest BCUT2D eigenvalue weighted by Crippen LogP contribution is 2.29. The Morgan fingerprint density at radius 2 is 1.88 bits per heavy atom. The van der Waals surface area contributed by atoms with Gasteiger partial charge in [0.05, 0.1) is 0 Å². The Balaban J connectivity index is 1.51. The van der Waals surface area contributed by atoms with Gasteiger partial charge in [-0.25, -0.2) is 4.68 Å². The molecule has 0 spiro atoms. The molecule has 5 rings (SSSR count). The Bertz CT molecular complexity index is 848. The van der Waals surface area contributed by atoms with Gasteiger partial charge in [-0.3, -0.25) is 14.5 Å². The lowest BCUT2D eigenvalue weighted by Crippen LogP contribution is -2.44. The fourth-order valence-corrected chi connectivity index (χ4v) is 4.13. The summed E-state index contributed by atoms with van der Waals surface area (Å²) in [6.45, 7) is 3.46. The van der Waals surface area contributed by atoms with Gasteiger partial charge in [-0.15, -0.1) is 0 Å².